The number of ether oxygens (including phenoxy) is 3. The summed E-state index contributed by atoms with van der Waals surface area (Å²) in [7, 11) is 1.41. The molecular formula is C43H54N2O4. The standard InChI is InChI=1S/C43H54N2O4/c1-3-29-45(30-13-5-4-12-27-44-28-26-34-18-20-37(21-19-34)43(46)47-2)39-23-24-40-38(31-39)22-25-41(48-32-35-14-8-6-9-15-35)42(40)49-33-36-16-10-7-11-17-36/h6-11,14-22,25,39,44H,3-5,12-13,23-24,26-33H2,1-2H3/t39-/m0/s1. The number of fused-ring (bicyclic) bond motifs is 1. The first-order chi connectivity index (χ1) is 24.1. The first-order valence-electron chi connectivity index (χ1n) is 18.2. The van der Waals surface area contributed by atoms with Gasteiger partial charge >= 0.3 is 5.97 Å². The number of carbonyl (C=O) groups is 1. The van der Waals surface area contributed by atoms with Crippen LogP contribution >= 0.6 is 0 Å². The number of unbranched alkanes of at least 4 members (excludes halogenated alkanes) is 3. The van der Waals surface area contributed by atoms with Crippen LogP contribution in [0.4, 0.5) is 0 Å². The molecule has 0 amide bonds. The van der Waals surface area contributed by atoms with E-state index in [1.165, 1.54) is 62.4 Å². The van der Waals surface area contributed by atoms with Crippen LogP contribution in [0.15, 0.2) is 97.1 Å². The number of benzene rings is 4. The van der Waals surface area contributed by atoms with Crippen molar-refractivity contribution in [1.29, 1.82) is 0 Å². The van der Waals surface area contributed by atoms with Gasteiger partial charge in [0.1, 0.15) is 13.2 Å². The molecule has 0 aromatic heterocycles. The fraction of sp³-hybridized carbons (Fsp3) is 0.419. The van der Waals surface area contributed by atoms with Crippen LogP contribution in [0.5, 0.6) is 11.5 Å². The zero-order chi connectivity index (χ0) is 34.1. The van der Waals surface area contributed by atoms with E-state index < -0.39 is 0 Å². The molecule has 0 unspecified atom stereocenters. The van der Waals surface area contributed by atoms with Gasteiger partial charge in [-0.15, -0.1) is 0 Å². The first-order valence-corrected chi connectivity index (χ1v) is 18.2. The highest BCUT2D eigenvalue weighted by Crippen LogP contribution is 2.39. The summed E-state index contributed by atoms with van der Waals surface area (Å²) in [6, 6.07) is 33.4. The van der Waals surface area contributed by atoms with Crippen LogP contribution in [0.1, 0.15) is 83.6 Å². The maximum absolute atomic E-state index is 11.6. The van der Waals surface area contributed by atoms with Crippen LogP contribution in [0.25, 0.3) is 0 Å². The molecule has 49 heavy (non-hydrogen) atoms. The third-order valence-corrected chi connectivity index (χ3v) is 9.51. The van der Waals surface area contributed by atoms with Crippen molar-refractivity contribution in [2.75, 3.05) is 33.3 Å². The van der Waals surface area contributed by atoms with Gasteiger partial charge in [0, 0.05) is 11.6 Å². The molecule has 1 atom stereocenters. The van der Waals surface area contributed by atoms with Gasteiger partial charge in [-0.05, 0) is 112 Å². The lowest BCUT2D eigenvalue weighted by molar-refractivity contribution is 0.0600. The molecule has 0 heterocycles. The molecule has 0 fully saturated rings. The number of nitrogens with zero attached hydrogens (tertiary/aromatic N) is 1. The van der Waals surface area contributed by atoms with E-state index in [1.807, 2.05) is 36.4 Å². The number of hydrogen-bond donors (Lipinski definition) is 1. The Hall–Kier alpha value is -4.13. The van der Waals surface area contributed by atoms with Gasteiger partial charge in [-0.2, -0.15) is 0 Å². The van der Waals surface area contributed by atoms with Crippen LogP contribution in [-0.4, -0.2) is 50.2 Å². The monoisotopic (exact) mass is 662 g/mol. The van der Waals surface area contributed by atoms with E-state index >= 15 is 0 Å². The number of hydrogen-bond acceptors (Lipinski definition) is 6. The Morgan fingerprint density at radius 3 is 2.14 bits per heavy atom. The minimum atomic E-state index is -0.287. The molecule has 1 aliphatic carbocycles. The van der Waals surface area contributed by atoms with Crippen LogP contribution in [-0.2, 0) is 37.2 Å². The van der Waals surface area contributed by atoms with E-state index in [1.54, 1.807) is 0 Å². The minimum absolute atomic E-state index is 0.287. The lowest BCUT2D eigenvalue weighted by atomic mass is 9.86. The number of carbonyl (C=O) groups excluding carboxylic acids is 1. The Morgan fingerprint density at radius 1 is 0.755 bits per heavy atom. The number of methoxy groups -OCH3 is 1. The van der Waals surface area contributed by atoms with E-state index in [4.69, 9.17) is 14.2 Å². The Kier molecular flexibility index (Phi) is 14.6. The highest BCUT2D eigenvalue weighted by Gasteiger charge is 2.27. The largest absolute Gasteiger partial charge is 0.485 e. The molecule has 6 nitrogen and oxygen atoms in total. The number of esters is 1. The molecule has 0 aliphatic heterocycles. The number of rotatable bonds is 20. The molecule has 260 valence electrons. The van der Waals surface area contributed by atoms with Crippen LogP contribution < -0.4 is 14.8 Å². The van der Waals surface area contributed by atoms with Crippen molar-refractivity contribution in [3.63, 3.8) is 0 Å². The van der Waals surface area contributed by atoms with Crippen molar-refractivity contribution in [2.45, 2.75) is 84.0 Å². The zero-order valence-electron chi connectivity index (χ0n) is 29.5. The Labute approximate surface area is 293 Å². The highest BCUT2D eigenvalue weighted by atomic mass is 16.5. The van der Waals surface area contributed by atoms with Crippen molar-refractivity contribution in [2.24, 2.45) is 0 Å². The molecule has 6 heteroatoms. The molecule has 0 spiro atoms. The molecular weight excluding hydrogens is 608 g/mol. The van der Waals surface area contributed by atoms with E-state index in [-0.39, 0.29) is 5.97 Å². The minimum Gasteiger partial charge on any atom is -0.485 e. The van der Waals surface area contributed by atoms with Gasteiger partial charge in [-0.3, -0.25) is 0 Å². The second-order valence-corrected chi connectivity index (χ2v) is 13.1. The fourth-order valence-electron chi connectivity index (χ4n) is 6.79. The lowest BCUT2D eigenvalue weighted by Crippen LogP contribution is -2.40. The molecule has 0 saturated heterocycles. The summed E-state index contributed by atoms with van der Waals surface area (Å²) in [6.45, 7) is 7.67. The molecule has 5 rings (SSSR count). The van der Waals surface area contributed by atoms with E-state index in [9.17, 15) is 4.79 Å². The smallest absolute Gasteiger partial charge is 0.337 e. The van der Waals surface area contributed by atoms with Gasteiger partial charge in [0.15, 0.2) is 11.5 Å². The zero-order valence-corrected chi connectivity index (χ0v) is 29.5. The fourth-order valence-corrected chi connectivity index (χ4v) is 6.79. The van der Waals surface area contributed by atoms with E-state index in [0.29, 0.717) is 24.8 Å². The van der Waals surface area contributed by atoms with Gasteiger partial charge < -0.3 is 24.4 Å². The average molecular weight is 663 g/mol. The maximum atomic E-state index is 11.6. The highest BCUT2D eigenvalue weighted by molar-refractivity contribution is 5.89. The quantitative estimate of drug-likeness (QED) is 0.0756. The molecule has 4 aromatic carbocycles. The second-order valence-electron chi connectivity index (χ2n) is 13.1. The molecule has 1 aliphatic rings. The summed E-state index contributed by atoms with van der Waals surface area (Å²) in [6.07, 6.45) is 10.3. The summed E-state index contributed by atoms with van der Waals surface area (Å²) in [5, 5.41) is 3.59. The van der Waals surface area contributed by atoms with Crippen molar-refractivity contribution >= 4 is 5.97 Å². The first kappa shape index (κ1) is 36.2. The van der Waals surface area contributed by atoms with Crippen molar-refractivity contribution in [1.82, 2.24) is 10.2 Å². The van der Waals surface area contributed by atoms with Crippen molar-refractivity contribution < 1.29 is 19.0 Å². The van der Waals surface area contributed by atoms with E-state index in [2.05, 4.69) is 77.8 Å². The summed E-state index contributed by atoms with van der Waals surface area (Å²) in [5.74, 6) is 1.47. The van der Waals surface area contributed by atoms with Gasteiger partial charge in [-0.25, -0.2) is 4.79 Å². The SMILES string of the molecule is CCCN(CCCCCCNCCc1ccc(C(=O)OC)cc1)[C@H]1CCc2c(ccc(OCc3ccccc3)c2OCc2ccccc2)C1. The third kappa shape index (κ3) is 11.2. The van der Waals surface area contributed by atoms with Gasteiger partial charge in [-0.1, -0.05) is 98.6 Å². The van der Waals surface area contributed by atoms with E-state index in [0.717, 1.165) is 67.9 Å². The lowest BCUT2D eigenvalue weighted by Gasteiger charge is -2.36. The molecule has 0 radical (unpaired) electrons. The molecule has 4 aromatic rings. The van der Waals surface area contributed by atoms with Crippen LogP contribution in [0.2, 0.25) is 0 Å². The Balaban J connectivity index is 1.08. The van der Waals surface area contributed by atoms with Crippen molar-refractivity contribution in [3.05, 3.63) is 130 Å². The third-order valence-electron chi connectivity index (χ3n) is 9.51. The topological polar surface area (TPSA) is 60.0 Å². The molecule has 0 saturated carbocycles. The normalized spacial score (nSPS) is 14.0. The summed E-state index contributed by atoms with van der Waals surface area (Å²) in [4.78, 5) is 14.4. The van der Waals surface area contributed by atoms with Gasteiger partial charge in [0.25, 0.3) is 0 Å². The van der Waals surface area contributed by atoms with Gasteiger partial charge in [0.2, 0.25) is 0 Å². The maximum Gasteiger partial charge on any atom is 0.337 e. The van der Waals surface area contributed by atoms with Crippen molar-refractivity contribution in [3.8, 4) is 11.5 Å². The Morgan fingerprint density at radius 2 is 1.45 bits per heavy atom. The molecule has 0 bridgehead atoms. The number of nitrogens with one attached hydrogen (secondary N) is 1. The summed E-state index contributed by atoms with van der Waals surface area (Å²) < 4.78 is 17.7. The van der Waals surface area contributed by atoms with Crippen LogP contribution in [0.3, 0.4) is 0 Å². The summed E-state index contributed by atoms with van der Waals surface area (Å²) in [5.41, 5.74) is 6.87. The molecule has 1 N–H and O–H groups in total. The predicted molar refractivity (Wildman–Crippen MR) is 198 cm³/mol. The van der Waals surface area contributed by atoms with Gasteiger partial charge in [0.05, 0.1) is 12.7 Å². The second kappa shape index (κ2) is 19.8. The summed E-state index contributed by atoms with van der Waals surface area (Å²) >= 11 is 0. The average Bonchev–Trinajstić information content (AvgIpc) is 3.15. The predicted octanol–water partition coefficient (Wildman–Crippen LogP) is 8.59. The Bertz CT molecular complexity index is 1540. The van der Waals surface area contributed by atoms with Crippen LogP contribution in [0, 0.1) is 0 Å².